The van der Waals surface area contributed by atoms with Gasteiger partial charge in [-0.2, -0.15) is 0 Å². The number of amides is 1. The number of carboxylic acid groups (broad SMARTS) is 1. The highest BCUT2D eigenvalue weighted by Gasteiger charge is 2.30. The summed E-state index contributed by atoms with van der Waals surface area (Å²) in [6.45, 7) is 1.10. The summed E-state index contributed by atoms with van der Waals surface area (Å²) in [6, 6.07) is 10.2. The molecule has 0 unspecified atom stereocenters. The van der Waals surface area contributed by atoms with E-state index < -0.39 is 22.6 Å². The molecule has 1 heterocycles. The van der Waals surface area contributed by atoms with Crippen LogP contribution >= 0.6 is 0 Å². The summed E-state index contributed by atoms with van der Waals surface area (Å²) in [4.78, 5) is 24.8. The quantitative estimate of drug-likeness (QED) is 0.754. The number of aromatic carboxylic acids is 1. The molecule has 0 spiro atoms. The summed E-state index contributed by atoms with van der Waals surface area (Å²) in [7, 11) is -4.17. The Morgan fingerprint density at radius 2 is 1.89 bits per heavy atom. The number of nitrogens with zero attached hydrogens (tertiary/aromatic N) is 2. The van der Waals surface area contributed by atoms with Crippen LogP contribution in [0.2, 0.25) is 0 Å². The molecule has 3 rings (SSSR count). The van der Waals surface area contributed by atoms with Gasteiger partial charge in [0.1, 0.15) is 0 Å². The summed E-state index contributed by atoms with van der Waals surface area (Å²) in [5.74, 6) is -1.46. The standard InChI is InChI=1S/C19H20N2O6S/c1-13(23)20-9-8-14-6-7-15(12-18(14)20)28(26,27)21(10-11-22)17-5-3-2-4-16(17)19(24)25/h2-7,12,22H,8-11H2,1H3,(H,24,25). The van der Waals surface area contributed by atoms with Crippen molar-refractivity contribution in [1.82, 2.24) is 0 Å². The molecule has 1 amide bonds. The van der Waals surface area contributed by atoms with Crippen LogP contribution in [0.15, 0.2) is 47.4 Å². The molecule has 2 aromatic rings. The first-order chi connectivity index (χ1) is 13.3. The Morgan fingerprint density at radius 3 is 2.54 bits per heavy atom. The number of carboxylic acids is 1. The topological polar surface area (TPSA) is 115 Å². The van der Waals surface area contributed by atoms with E-state index in [1.54, 1.807) is 6.07 Å². The Morgan fingerprint density at radius 1 is 1.18 bits per heavy atom. The van der Waals surface area contributed by atoms with E-state index in [-0.39, 0.29) is 28.6 Å². The number of aliphatic hydroxyl groups is 1. The van der Waals surface area contributed by atoms with Gasteiger partial charge in [-0.3, -0.25) is 9.10 Å². The second-order valence-electron chi connectivity index (χ2n) is 6.33. The zero-order valence-corrected chi connectivity index (χ0v) is 16.0. The Hall–Kier alpha value is -2.91. The minimum absolute atomic E-state index is 0.0343. The molecule has 2 aromatic carbocycles. The summed E-state index contributed by atoms with van der Waals surface area (Å²) in [5, 5.41) is 18.8. The van der Waals surface area contributed by atoms with Crippen molar-refractivity contribution in [3.05, 3.63) is 53.6 Å². The second-order valence-corrected chi connectivity index (χ2v) is 8.20. The maximum atomic E-state index is 13.3. The number of hydrogen-bond acceptors (Lipinski definition) is 5. The first-order valence-corrected chi connectivity index (χ1v) is 10.1. The van der Waals surface area contributed by atoms with Crippen LogP contribution < -0.4 is 9.21 Å². The number of benzene rings is 2. The van der Waals surface area contributed by atoms with Gasteiger partial charge in [-0.15, -0.1) is 0 Å². The monoisotopic (exact) mass is 404 g/mol. The number of hydrogen-bond donors (Lipinski definition) is 2. The predicted octanol–water partition coefficient (Wildman–Crippen LogP) is 1.48. The summed E-state index contributed by atoms with van der Waals surface area (Å²) in [6.07, 6.45) is 0.636. The summed E-state index contributed by atoms with van der Waals surface area (Å²) < 4.78 is 27.5. The lowest BCUT2D eigenvalue weighted by Gasteiger charge is -2.25. The summed E-state index contributed by atoms with van der Waals surface area (Å²) in [5.41, 5.74) is 1.18. The van der Waals surface area contributed by atoms with Gasteiger partial charge in [-0.25, -0.2) is 13.2 Å². The number of fused-ring (bicyclic) bond motifs is 1. The number of anilines is 2. The third-order valence-corrected chi connectivity index (χ3v) is 6.44. The van der Waals surface area contributed by atoms with E-state index in [9.17, 15) is 28.2 Å². The minimum Gasteiger partial charge on any atom is -0.478 e. The number of para-hydroxylation sites is 1. The normalized spacial score (nSPS) is 13.3. The molecule has 0 aromatic heterocycles. The van der Waals surface area contributed by atoms with Crippen molar-refractivity contribution < 1.29 is 28.2 Å². The van der Waals surface area contributed by atoms with Gasteiger partial charge in [0.2, 0.25) is 5.91 Å². The van der Waals surface area contributed by atoms with Crippen LogP contribution in [0.3, 0.4) is 0 Å². The molecule has 0 bridgehead atoms. The van der Waals surface area contributed by atoms with E-state index in [2.05, 4.69) is 0 Å². The van der Waals surface area contributed by atoms with Gasteiger partial charge in [0.25, 0.3) is 10.0 Å². The Bertz CT molecular complexity index is 1030. The first kappa shape index (κ1) is 19.8. The van der Waals surface area contributed by atoms with Crippen LogP contribution in [0.25, 0.3) is 0 Å². The molecular weight excluding hydrogens is 384 g/mol. The van der Waals surface area contributed by atoms with E-state index >= 15 is 0 Å². The van der Waals surface area contributed by atoms with Crippen LogP contribution in [0.4, 0.5) is 11.4 Å². The Kier molecular flexibility index (Phi) is 5.39. The largest absolute Gasteiger partial charge is 0.478 e. The van der Waals surface area contributed by atoms with Crippen molar-refractivity contribution in [3.8, 4) is 0 Å². The maximum Gasteiger partial charge on any atom is 0.337 e. The first-order valence-electron chi connectivity index (χ1n) is 8.64. The van der Waals surface area contributed by atoms with E-state index in [0.717, 1.165) is 9.87 Å². The van der Waals surface area contributed by atoms with Gasteiger partial charge in [0.15, 0.2) is 0 Å². The lowest BCUT2D eigenvalue weighted by Crippen LogP contribution is -2.35. The molecule has 0 fully saturated rings. The molecule has 0 saturated heterocycles. The van der Waals surface area contributed by atoms with Crippen LogP contribution in [0.5, 0.6) is 0 Å². The van der Waals surface area contributed by atoms with Crippen molar-refractivity contribution in [2.45, 2.75) is 18.2 Å². The molecule has 0 aliphatic carbocycles. The molecular formula is C19H20N2O6S. The van der Waals surface area contributed by atoms with Crippen LogP contribution in [0, 0.1) is 0 Å². The highest BCUT2D eigenvalue weighted by atomic mass is 32.2. The van der Waals surface area contributed by atoms with Gasteiger partial charge >= 0.3 is 5.97 Å². The number of aliphatic hydroxyl groups excluding tert-OH is 1. The van der Waals surface area contributed by atoms with E-state index in [4.69, 9.17) is 0 Å². The van der Waals surface area contributed by atoms with Gasteiger partial charge < -0.3 is 15.1 Å². The highest BCUT2D eigenvalue weighted by molar-refractivity contribution is 7.92. The zero-order valence-electron chi connectivity index (χ0n) is 15.2. The van der Waals surface area contributed by atoms with Crippen LogP contribution in [-0.4, -0.2) is 50.2 Å². The van der Waals surface area contributed by atoms with Crippen molar-refractivity contribution >= 4 is 33.3 Å². The zero-order chi connectivity index (χ0) is 20.5. The molecule has 9 heteroatoms. The van der Waals surface area contributed by atoms with Gasteiger partial charge in [-0.05, 0) is 36.2 Å². The molecule has 1 aliphatic heterocycles. The number of sulfonamides is 1. The average Bonchev–Trinajstić information content (AvgIpc) is 3.09. The predicted molar refractivity (Wildman–Crippen MR) is 103 cm³/mol. The molecule has 148 valence electrons. The number of carbonyl (C=O) groups excluding carboxylic acids is 1. The SMILES string of the molecule is CC(=O)N1CCc2ccc(S(=O)(=O)N(CCO)c3ccccc3C(=O)O)cc21. The highest BCUT2D eigenvalue weighted by Crippen LogP contribution is 2.33. The fourth-order valence-electron chi connectivity index (χ4n) is 3.31. The van der Waals surface area contributed by atoms with Crippen molar-refractivity contribution in [2.24, 2.45) is 0 Å². The number of rotatable bonds is 6. The Labute approximate surface area is 162 Å². The lowest BCUT2D eigenvalue weighted by molar-refractivity contribution is -0.116. The maximum absolute atomic E-state index is 13.3. The van der Waals surface area contributed by atoms with Crippen molar-refractivity contribution in [1.29, 1.82) is 0 Å². The lowest BCUT2D eigenvalue weighted by atomic mass is 10.2. The molecule has 0 atom stereocenters. The Balaban J connectivity index is 2.11. The third kappa shape index (κ3) is 3.46. The van der Waals surface area contributed by atoms with E-state index in [0.29, 0.717) is 18.7 Å². The smallest absolute Gasteiger partial charge is 0.337 e. The fraction of sp³-hybridized carbons (Fsp3) is 0.263. The number of carbonyl (C=O) groups is 2. The molecule has 2 N–H and O–H groups in total. The minimum atomic E-state index is -4.17. The van der Waals surface area contributed by atoms with Crippen molar-refractivity contribution in [2.75, 3.05) is 28.9 Å². The molecule has 28 heavy (non-hydrogen) atoms. The second kappa shape index (κ2) is 7.61. The van der Waals surface area contributed by atoms with Gasteiger partial charge in [-0.1, -0.05) is 18.2 Å². The van der Waals surface area contributed by atoms with Gasteiger partial charge in [0, 0.05) is 19.2 Å². The summed E-state index contributed by atoms with van der Waals surface area (Å²) >= 11 is 0. The van der Waals surface area contributed by atoms with E-state index in [1.807, 2.05) is 0 Å². The molecule has 0 radical (unpaired) electrons. The van der Waals surface area contributed by atoms with Crippen LogP contribution in [-0.2, 0) is 21.2 Å². The fourth-order valence-corrected chi connectivity index (χ4v) is 4.80. The average molecular weight is 404 g/mol. The molecule has 1 aliphatic rings. The molecule has 8 nitrogen and oxygen atoms in total. The molecule has 0 saturated carbocycles. The third-order valence-electron chi connectivity index (χ3n) is 4.63. The van der Waals surface area contributed by atoms with Gasteiger partial charge in [0.05, 0.1) is 29.3 Å². The van der Waals surface area contributed by atoms with E-state index in [1.165, 1.54) is 48.2 Å². The van der Waals surface area contributed by atoms with Crippen LogP contribution in [0.1, 0.15) is 22.8 Å². The van der Waals surface area contributed by atoms with Crippen molar-refractivity contribution in [3.63, 3.8) is 0 Å².